The molecule has 1 N–H and O–H groups in total. The van der Waals surface area contributed by atoms with Gasteiger partial charge in [0.2, 0.25) is 0 Å². The predicted molar refractivity (Wildman–Crippen MR) is 46.9 cm³/mol. The highest BCUT2D eigenvalue weighted by Crippen LogP contribution is 1.99. The summed E-state index contributed by atoms with van der Waals surface area (Å²) in [5.74, 6) is 0.304. The van der Waals surface area contributed by atoms with Crippen molar-refractivity contribution in [2.75, 3.05) is 6.54 Å². The van der Waals surface area contributed by atoms with Crippen LogP contribution >= 0.6 is 9.39 Å². The second-order valence-electron chi connectivity index (χ2n) is 2.47. The molecular weight excluding hydrogens is 145 g/mol. The lowest BCUT2D eigenvalue weighted by Gasteiger charge is -1.97. The fourth-order valence-electron chi connectivity index (χ4n) is 0.778. The van der Waals surface area contributed by atoms with Gasteiger partial charge in [-0.25, -0.2) is 0 Å². The number of hydrogen-bond donors (Lipinski definition) is 1. The minimum Gasteiger partial charge on any atom is -0.301 e. The lowest BCUT2D eigenvalue weighted by Crippen LogP contribution is -1.99. The number of rotatable bonds is 6. The van der Waals surface area contributed by atoms with E-state index in [0.29, 0.717) is 5.78 Å². The van der Waals surface area contributed by atoms with Gasteiger partial charge in [-0.1, -0.05) is 15.8 Å². The molecule has 0 rings (SSSR count). The summed E-state index contributed by atoms with van der Waals surface area (Å²) in [5, 5.41) is 2.99. The van der Waals surface area contributed by atoms with E-state index < -0.39 is 0 Å². The summed E-state index contributed by atoms with van der Waals surface area (Å²) >= 11 is 0. The number of Topliss-reactive ketones (excluding diaryl/α,β-unsaturated/α-hetero) is 1. The van der Waals surface area contributed by atoms with Gasteiger partial charge in [-0.15, -0.1) is 0 Å². The third-order valence-corrected chi connectivity index (χ3v) is 1.64. The first kappa shape index (κ1) is 10.1. The molecule has 1 atom stereocenters. The Morgan fingerprint density at radius 1 is 1.40 bits per heavy atom. The molecule has 0 aromatic heterocycles. The molecule has 0 saturated carbocycles. The van der Waals surface area contributed by atoms with Gasteiger partial charge in [0.1, 0.15) is 5.78 Å². The van der Waals surface area contributed by atoms with Crippen molar-refractivity contribution >= 4 is 15.2 Å². The summed E-state index contributed by atoms with van der Waals surface area (Å²) < 4.78 is 0. The van der Waals surface area contributed by atoms with Crippen molar-refractivity contribution < 1.29 is 4.79 Å². The molecule has 0 spiro atoms. The summed E-state index contributed by atoms with van der Waals surface area (Å²) in [6, 6.07) is 0. The highest BCUT2D eigenvalue weighted by Gasteiger charge is 1.92. The number of nitrogens with one attached hydrogen (secondary N) is 1. The van der Waals surface area contributed by atoms with Crippen molar-refractivity contribution in [2.45, 2.75) is 32.6 Å². The fourth-order valence-corrected chi connectivity index (χ4v) is 0.982. The fraction of sp³-hybridized carbons (Fsp3) is 0.857. The molecule has 0 aliphatic carbocycles. The minimum absolute atomic E-state index is 0.304. The molecule has 60 valence electrons. The molecule has 0 aliphatic rings. The maximum atomic E-state index is 10.5. The first-order valence-electron chi connectivity index (χ1n) is 3.70. The van der Waals surface area contributed by atoms with Crippen molar-refractivity contribution in [3.8, 4) is 0 Å². The van der Waals surface area contributed by atoms with Gasteiger partial charge in [-0.2, -0.15) is 0 Å². The zero-order chi connectivity index (χ0) is 7.82. The van der Waals surface area contributed by atoms with Crippen LogP contribution in [0.4, 0.5) is 0 Å². The first-order chi connectivity index (χ1) is 4.77. The van der Waals surface area contributed by atoms with Gasteiger partial charge in [0.15, 0.2) is 0 Å². The number of carbonyl (C=O) groups is 1. The summed E-state index contributed by atoms with van der Waals surface area (Å²) in [5.41, 5.74) is 0. The monoisotopic (exact) mass is 161 g/mol. The van der Waals surface area contributed by atoms with E-state index in [9.17, 15) is 4.79 Å². The average molecular weight is 161 g/mol. The minimum atomic E-state index is 0.304. The third-order valence-electron chi connectivity index (χ3n) is 1.35. The van der Waals surface area contributed by atoms with Crippen molar-refractivity contribution in [1.82, 2.24) is 5.09 Å². The van der Waals surface area contributed by atoms with Gasteiger partial charge in [0.25, 0.3) is 0 Å². The Bertz CT molecular complexity index is 95.6. The number of ketones is 1. The van der Waals surface area contributed by atoms with E-state index in [4.69, 9.17) is 0 Å². The van der Waals surface area contributed by atoms with E-state index in [-0.39, 0.29) is 0 Å². The first-order valence-corrected chi connectivity index (χ1v) is 4.28. The van der Waals surface area contributed by atoms with E-state index in [1.165, 1.54) is 0 Å². The molecule has 0 amide bonds. The smallest absolute Gasteiger partial charge is 0.129 e. The summed E-state index contributed by atoms with van der Waals surface area (Å²) in [6.07, 6.45) is 4.11. The van der Waals surface area contributed by atoms with Crippen LogP contribution in [0, 0.1) is 0 Å². The van der Waals surface area contributed by atoms with Gasteiger partial charge >= 0.3 is 0 Å². The van der Waals surface area contributed by atoms with Crippen molar-refractivity contribution in [3.05, 3.63) is 0 Å². The molecule has 3 heteroatoms. The van der Waals surface area contributed by atoms with Crippen LogP contribution in [0.1, 0.15) is 32.6 Å². The molecule has 10 heavy (non-hydrogen) atoms. The highest BCUT2D eigenvalue weighted by atomic mass is 31.0. The second kappa shape index (κ2) is 7.17. The third kappa shape index (κ3) is 8.06. The maximum absolute atomic E-state index is 10.5. The summed E-state index contributed by atoms with van der Waals surface area (Å²) in [4.78, 5) is 10.5. The number of hydrogen-bond acceptors (Lipinski definition) is 2. The van der Waals surface area contributed by atoms with Crippen molar-refractivity contribution in [3.63, 3.8) is 0 Å². The van der Waals surface area contributed by atoms with Gasteiger partial charge in [-0.3, -0.25) is 0 Å². The summed E-state index contributed by atoms with van der Waals surface area (Å²) in [7, 11) is 2.47. The van der Waals surface area contributed by atoms with Gasteiger partial charge < -0.3 is 9.88 Å². The Labute approximate surface area is 65.0 Å². The zero-order valence-electron chi connectivity index (χ0n) is 6.52. The Balaban J connectivity index is 2.84. The Hall–Kier alpha value is 0.0600. The highest BCUT2D eigenvalue weighted by molar-refractivity contribution is 7.13. The van der Waals surface area contributed by atoms with Crippen LogP contribution in [0.2, 0.25) is 0 Å². The standard InChI is InChI=1S/C7H16NOP/c1-7(9)5-3-2-4-6-8-10/h8H,2-6,10H2,1H3. The molecule has 0 fully saturated rings. The molecule has 0 aromatic rings. The Kier molecular flexibility index (Phi) is 7.21. The van der Waals surface area contributed by atoms with E-state index in [1.54, 1.807) is 6.92 Å². The van der Waals surface area contributed by atoms with Crippen molar-refractivity contribution in [1.29, 1.82) is 0 Å². The molecule has 0 bridgehead atoms. The normalized spacial score (nSPS) is 9.80. The lowest BCUT2D eigenvalue weighted by atomic mass is 10.1. The van der Waals surface area contributed by atoms with Gasteiger partial charge in [0, 0.05) is 6.42 Å². The lowest BCUT2D eigenvalue weighted by molar-refractivity contribution is -0.117. The molecule has 0 saturated heterocycles. The van der Waals surface area contributed by atoms with E-state index in [2.05, 4.69) is 14.5 Å². The molecule has 2 nitrogen and oxygen atoms in total. The van der Waals surface area contributed by atoms with E-state index in [1.807, 2.05) is 0 Å². The molecule has 0 aliphatic heterocycles. The molecule has 0 aromatic carbocycles. The molecule has 0 radical (unpaired) electrons. The Morgan fingerprint density at radius 2 is 2.10 bits per heavy atom. The van der Waals surface area contributed by atoms with Crippen LogP contribution < -0.4 is 5.09 Å². The number of carbonyl (C=O) groups excluding carboxylic acids is 1. The summed E-state index contributed by atoms with van der Waals surface area (Å²) in [6.45, 7) is 2.68. The average Bonchev–Trinajstić information content (AvgIpc) is 1.87. The maximum Gasteiger partial charge on any atom is 0.129 e. The van der Waals surface area contributed by atoms with Gasteiger partial charge in [-0.05, 0) is 26.3 Å². The van der Waals surface area contributed by atoms with Gasteiger partial charge in [0.05, 0.1) is 0 Å². The second-order valence-corrected chi connectivity index (χ2v) is 2.88. The van der Waals surface area contributed by atoms with Crippen LogP contribution in [-0.2, 0) is 4.79 Å². The van der Waals surface area contributed by atoms with Crippen LogP contribution in [0.3, 0.4) is 0 Å². The van der Waals surface area contributed by atoms with Crippen molar-refractivity contribution in [2.24, 2.45) is 0 Å². The van der Waals surface area contributed by atoms with Crippen LogP contribution in [-0.4, -0.2) is 12.3 Å². The molecule has 0 heterocycles. The zero-order valence-corrected chi connectivity index (χ0v) is 7.68. The topological polar surface area (TPSA) is 29.1 Å². The van der Waals surface area contributed by atoms with Crippen LogP contribution in [0.15, 0.2) is 0 Å². The predicted octanol–water partition coefficient (Wildman–Crippen LogP) is 1.52. The molecule has 1 unspecified atom stereocenters. The van der Waals surface area contributed by atoms with E-state index in [0.717, 1.165) is 32.2 Å². The van der Waals surface area contributed by atoms with Crippen LogP contribution in [0.5, 0.6) is 0 Å². The number of unbranched alkanes of at least 4 members (excludes halogenated alkanes) is 2. The Morgan fingerprint density at radius 3 is 2.60 bits per heavy atom. The van der Waals surface area contributed by atoms with Crippen LogP contribution in [0.25, 0.3) is 0 Å². The van der Waals surface area contributed by atoms with E-state index >= 15 is 0 Å². The SMILES string of the molecule is CC(=O)CCCCCNP. The molecular formula is C7H16NOP. The quantitative estimate of drug-likeness (QED) is 0.472. The largest absolute Gasteiger partial charge is 0.301 e.